The van der Waals surface area contributed by atoms with Crippen molar-refractivity contribution in [2.75, 3.05) is 25.4 Å². The average molecular weight is 427 g/mol. The molecule has 0 radical (unpaired) electrons. The minimum absolute atomic E-state index is 0.00209. The lowest BCUT2D eigenvalue weighted by molar-refractivity contribution is -0.140. The van der Waals surface area contributed by atoms with E-state index in [1.807, 2.05) is 0 Å². The highest BCUT2D eigenvalue weighted by molar-refractivity contribution is 6.05. The molecule has 2 aliphatic heterocycles. The molecular formula is C22H26FN5O3. The van der Waals surface area contributed by atoms with E-state index in [1.54, 1.807) is 9.80 Å². The lowest BCUT2D eigenvalue weighted by Gasteiger charge is -2.27. The summed E-state index contributed by atoms with van der Waals surface area (Å²) in [5.41, 5.74) is 6.95. The quantitative estimate of drug-likeness (QED) is 0.737. The molecule has 1 aromatic heterocycles. The molecule has 31 heavy (non-hydrogen) atoms. The Bertz CT molecular complexity index is 988. The van der Waals surface area contributed by atoms with Crippen LogP contribution in [0.15, 0.2) is 30.5 Å². The second kappa shape index (κ2) is 8.87. The van der Waals surface area contributed by atoms with Crippen LogP contribution in [-0.4, -0.2) is 62.9 Å². The number of carbonyl (C=O) groups is 3. The van der Waals surface area contributed by atoms with Crippen molar-refractivity contribution in [3.63, 3.8) is 0 Å². The van der Waals surface area contributed by atoms with Gasteiger partial charge in [0.1, 0.15) is 11.6 Å². The zero-order valence-electron chi connectivity index (χ0n) is 17.3. The Hall–Kier alpha value is -3.23. The predicted molar refractivity (Wildman–Crippen MR) is 112 cm³/mol. The molecule has 0 unspecified atom stereocenters. The Balaban J connectivity index is 1.49. The molecule has 0 bridgehead atoms. The summed E-state index contributed by atoms with van der Waals surface area (Å²) in [7, 11) is 0. The Labute approximate surface area is 179 Å². The number of hydrogen-bond donors (Lipinski definition) is 1. The molecule has 9 heteroatoms. The van der Waals surface area contributed by atoms with E-state index < -0.39 is 6.04 Å². The maximum atomic E-state index is 13.2. The molecule has 1 aromatic carbocycles. The van der Waals surface area contributed by atoms with Crippen LogP contribution in [0.25, 0.3) is 5.69 Å². The van der Waals surface area contributed by atoms with Gasteiger partial charge in [0.25, 0.3) is 0 Å². The zero-order chi connectivity index (χ0) is 22.0. The van der Waals surface area contributed by atoms with E-state index in [2.05, 4.69) is 5.10 Å². The third-order valence-electron chi connectivity index (χ3n) is 6.02. The van der Waals surface area contributed by atoms with Crippen molar-refractivity contribution in [2.24, 2.45) is 0 Å². The maximum Gasteiger partial charge on any atom is 0.242 e. The monoisotopic (exact) mass is 427 g/mol. The Morgan fingerprint density at radius 1 is 1.10 bits per heavy atom. The lowest BCUT2D eigenvalue weighted by atomic mass is 10.0. The first-order valence-electron chi connectivity index (χ1n) is 10.7. The number of aromatic nitrogens is 2. The molecule has 3 heterocycles. The fraction of sp³-hybridized carbons (Fsp3) is 0.455. The molecule has 0 aliphatic carbocycles. The minimum atomic E-state index is -0.622. The number of nitrogens with zero attached hydrogens (tertiary/aromatic N) is 4. The zero-order valence-corrected chi connectivity index (χ0v) is 17.3. The van der Waals surface area contributed by atoms with Gasteiger partial charge in [-0.2, -0.15) is 5.10 Å². The van der Waals surface area contributed by atoms with E-state index in [0.29, 0.717) is 38.0 Å². The third-order valence-corrected chi connectivity index (χ3v) is 6.02. The number of hydrogen-bond acceptors (Lipinski definition) is 5. The average Bonchev–Trinajstić information content (AvgIpc) is 3.34. The number of benzene rings is 1. The van der Waals surface area contributed by atoms with Crippen LogP contribution in [0.3, 0.4) is 0 Å². The summed E-state index contributed by atoms with van der Waals surface area (Å²) in [5, 5.41) is 4.18. The minimum Gasteiger partial charge on any atom is -0.383 e. The summed E-state index contributed by atoms with van der Waals surface area (Å²) in [4.78, 5) is 41.6. The third kappa shape index (κ3) is 4.30. The number of carbonyl (C=O) groups excluding carboxylic acids is 3. The number of nitrogens with two attached hydrogens (primary N) is 1. The highest BCUT2D eigenvalue weighted by atomic mass is 19.1. The number of ketones is 1. The summed E-state index contributed by atoms with van der Waals surface area (Å²) < 4.78 is 14.6. The number of rotatable bonds is 5. The summed E-state index contributed by atoms with van der Waals surface area (Å²) in [6.45, 7) is 1.06. The second-order valence-electron chi connectivity index (χ2n) is 8.07. The molecule has 8 nitrogen and oxygen atoms in total. The first-order valence-corrected chi connectivity index (χ1v) is 10.7. The van der Waals surface area contributed by atoms with Crippen molar-refractivity contribution in [1.82, 2.24) is 19.6 Å². The standard InChI is InChI=1S/C22H26FN5O3/c23-15-7-9-16(10-8-15)28-22(24)17(13-25-28)21(31)18-5-4-12-27(18)20(30)14-26-11-3-1-2-6-19(26)29/h7-10,13,18H,1-6,11-12,14,24H2/t18-/m1/s1. The van der Waals surface area contributed by atoms with Gasteiger partial charge < -0.3 is 15.5 Å². The van der Waals surface area contributed by atoms with Gasteiger partial charge in [-0.25, -0.2) is 9.07 Å². The van der Waals surface area contributed by atoms with Crippen LogP contribution in [0.1, 0.15) is 48.9 Å². The first-order chi connectivity index (χ1) is 15.0. The number of halogens is 1. The molecule has 164 valence electrons. The van der Waals surface area contributed by atoms with E-state index in [0.717, 1.165) is 19.3 Å². The number of amides is 2. The van der Waals surface area contributed by atoms with Gasteiger partial charge in [-0.1, -0.05) is 6.42 Å². The molecular weight excluding hydrogens is 401 g/mol. The molecule has 4 rings (SSSR count). The lowest BCUT2D eigenvalue weighted by Crippen LogP contribution is -2.47. The van der Waals surface area contributed by atoms with Crippen molar-refractivity contribution >= 4 is 23.4 Å². The fourth-order valence-corrected chi connectivity index (χ4v) is 4.31. The van der Waals surface area contributed by atoms with Gasteiger partial charge in [0.15, 0.2) is 5.78 Å². The van der Waals surface area contributed by atoms with Crippen LogP contribution in [0.5, 0.6) is 0 Å². The molecule has 0 saturated carbocycles. The summed E-state index contributed by atoms with van der Waals surface area (Å²) in [6.07, 6.45) is 5.83. The van der Waals surface area contributed by atoms with Crippen molar-refractivity contribution in [3.8, 4) is 5.69 Å². The van der Waals surface area contributed by atoms with Crippen LogP contribution in [0.2, 0.25) is 0 Å². The number of likely N-dealkylation sites (tertiary alicyclic amines) is 2. The fourth-order valence-electron chi connectivity index (χ4n) is 4.31. The number of nitrogen functional groups attached to an aromatic ring is 1. The van der Waals surface area contributed by atoms with E-state index in [-0.39, 0.29) is 41.3 Å². The highest BCUT2D eigenvalue weighted by Crippen LogP contribution is 2.26. The molecule has 2 aromatic rings. The van der Waals surface area contributed by atoms with E-state index in [1.165, 1.54) is 35.1 Å². The molecule has 2 aliphatic rings. The smallest absolute Gasteiger partial charge is 0.242 e. The van der Waals surface area contributed by atoms with E-state index >= 15 is 0 Å². The molecule has 2 amide bonds. The molecule has 2 N–H and O–H groups in total. The second-order valence-corrected chi connectivity index (χ2v) is 8.07. The van der Waals surface area contributed by atoms with Crippen LogP contribution in [-0.2, 0) is 9.59 Å². The molecule has 2 fully saturated rings. The van der Waals surface area contributed by atoms with Crippen molar-refractivity contribution in [2.45, 2.75) is 44.6 Å². The highest BCUT2D eigenvalue weighted by Gasteiger charge is 2.37. The van der Waals surface area contributed by atoms with Crippen LogP contribution in [0.4, 0.5) is 10.2 Å². The Kier molecular flexibility index (Phi) is 6.01. The van der Waals surface area contributed by atoms with Crippen molar-refractivity contribution < 1.29 is 18.8 Å². The van der Waals surface area contributed by atoms with Gasteiger partial charge in [-0.05, 0) is 49.9 Å². The normalized spacial score (nSPS) is 19.5. The Morgan fingerprint density at radius 2 is 1.87 bits per heavy atom. The van der Waals surface area contributed by atoms with Gasteiger partial charge in [-0.3, -0.25) is 14.4 Å². The molecule has 1 atom stereocenters. The van der Waals surface area contributed by atoms with Gasteiger partial charge in [0.2, 0.25) is 11.8 Å². The van der Waals surface area contributed by atoms with Gasteiger partial charge >= 0.3 is 0 Å². The molecule has 2 saturated heterocycles. The summed E-state index contributed by atoms with van der Waals surface area (Å²) in [6, 6.07) is 5.01. The number of anilines is 1. The van der Waals surface area contributed by atoms with E-state index in [4.69, 9.17) is 5.73 Å². The van der Waals surface area contributed by atoms with Gasteiger partial charge in [-0.15, -0.1) is 0 Å². The van der Waals surface area contributed by atoms with Crippen LogP contribution in [0, 0.1) is 5.82 Å². The predicted octanol–water partition coefficient (Wildman–Crippen LogP) is 2.17. The first kappa shape index (κ1) is 21.0. The van der Waals surface area contributed by atoms with Gasteiger partial charge in [0.05, 0.1) is 30.0 Å². The van der Waals surface area contributed by atoms with Crippen molar-refractivity contribution in [1.29, 1.82) is 0 Å². The van der Waals surface area contributed by atoms with Crippen LogP contribution < -0.4 is 5.73 Å². The van der Waals surface area contributed by atoms with E-state index in [9.17, 15) is 18.8 Å². The van der Waals surface area contributed by atoms with Crippen molar-refractivity contribution in [3.05, 3.63) is 41.8 Å². The molecule has 0 spiro atoms. The topological polar surface area (TPSA) is 102 Å². The largest absolute Gasteiger partial charge is 0.383 e. The maximum absolute atomic E-state index is 13.2. The summed E-state index contributed by atoms with van der Waals surface area (Å²) >= 11 is 0. The van der Waals surface area contributed by atoms with Gasteiger partial charge in [0, 0.05) is 19.5 Å². The summed E-state index contributed by atoms with van der Waals surface area (Å²) in [5.74, 6) is -0.709. The Morgan fingerprint density at radius 3 is 2.65 bits per heavy atom. The SMILES string of the molecule is Nc1c(C(=O)[C@H]2CCCN2C(=O)CN2CCCCCC2=O)cnn1-c1ccc(F)cc1. The number of Topliss-reactive ketones (excluding diaryl/α,β-unsaturated/α-hetero) is 1. The van der Waals surface area contributed by atoms with Crippen LogP contribution >= 0.6 is 0 Å².